The summed E-state index contributed by atoms with van der Waals surface area (Å²) in [6, 6.07) is 0. The van der Waals surface area contributed by atoms with E-state index in [1.807, 2.05) is 0 Å². The summed E-state index contributed by atoms with van der Waals surface area (Å²) >= 11 is 0. The number of ether oxygens (including phenoxy) is 1. The standard InChI is InChI=1S/C22H40O3/c1-2-3-4-5-6-7-8-9-10-11-12-13-14-15-16-17-21(23)20-18-19-25-22(20)24/h20H,2-19H2,1H3. The zero-order valence-electron chi connectivity index (χ0n) is 16.5. The second-order valence-corrected chi connectivity index (χ2v) is 7.67. The molecular weight excluding hydrogens is 312 g/mol. The third kappa shape index (κ3) is 11.4. The molecule has 0 aromatic rings. The van der Waals surface area contributed by atoms with Gasteiger partial charge in [-0.1, -0.05) is 96.8 Å². The first-order chi connectivity index (χ1) is 12.3. The molecule has 0 aromatic heterocycles. The maximum Gasteiger partial charge on any atom is 0.316 e. The molecular formula is C22H40O3. The molecule has 0 radical (unpaired) electrons. The van der Waals surface area contributed by atoms with Gasteiger partial charge in [-0.05, 0) is 6.42 Å². The van der Waals surface area contributed by atoms with E-state index >= 15 is 0 Å². The number of carbonyl (C=O) groups is 2. The predicted octanol–water partition coefficient (Wildman–Crippen LogP) is 6.38. The Bertz CT molecular complexity index is 351. The summed E-state index contributed by atoms with van der Waals surface area (Å²) in [5.41, 5.74) is 0. The largest absolute Gasteiger partial charge is 0.465 e. The van der Waals surface area contributed by atoms with Gasteiger partial charge >= 0.3 is 5.97 Å². The van der Waals surface area contributed by atoms with Crippen LogP contribution < -0.4 is 0 Å². The van der Waals surface area contributed by atoms with Crippen LogP contribution >= 0.6 is 0 Å². The molecule has 1 unspecified atom stereocenters. The highest BCUT2D eigenvalue weighted by molar-refractivity contribution is 5.99. The molecule has 0 bridgehead atoms. The van der Waals surface area contributed by atoms with Crippen molar-refractivity contribution < 1.29 is 14.3 Å². The van der Waals surface area contributed by atoms with E-state index in [2.05, 4.69) is 6.92 Å². The summed E-state index contributed by atoms with van der Waals surface area (Å²) in [6.07, 6.45) is 21.1. The van der Waals surface area contributed by atoms with Gasteiger partial charge in [-0.15, -0.1) is 0 Å². The minimum atomic E-state index is -0.452. The highest BCUT2D eigenvalue weighted by atomic mass is 16.5. The molecule has 0 amide bonds. The van der Waals surface area contributed by atoms with Crippen LogP contribution in [0, 0.1) is 5.92 Å². The Kier molecular flexibility index (Phi) is 13.7. The molecule has 1 fully saturated rings. The zero-order chi connectivity index (χ0) is 18.2. The van der Waals surface area contributed by atoms with Crippen LogP contribution in [0.4, 0.5) is 0 Å². The number of esters is 1. The lowest BCUT2D eigenvalue weighted by Crippen LogP contribution is -2.18. The van der Waals surface area contributed by atoms with Gasteiger partial charge in [-0.3, -0.25) is 9.59 Å². The van der Waals surface area contributed by atoms with Gasteiger partial charge in [0.1, 0.15) is 11.7 Å². The molecule has 1 rings (SSSR count). The highest BCUT2D eigenvalue weighted by Crippen LogP contribution is 2.19. The fraction of sp³-hybridized carbons (Fsp3) is 0.909. The van der Waals surface area contributed by atoms with E-state index in [1.165, 1.54) is 83.5 Å². The number of hydrogen-bond acceptors (Lipinski definition) is 3. The summed E-state index contributed by atoms with van der Waals surface area (Å²) in [7, 11) is 0. The Morgan fingerprint density at radius 3 is 1.64 bits per heavy atom. The Balaban J connectivity index is 1.76. The zero-order valence-corrected chi connectivity index (χ0v) is 16.5. The van der Waals surface area contributed by atoms with E-state index in [9.17, 15) is 9.59 Å². The molecule has 3 heteroatoms. The van der Waals surface area contributed by atoms with Crippen molar-refractivity contribution in [3.05, 3.63) is 0 Å². The van der Waals surface area contributed by atoms with Crippen LogP contribution in [0.1, 0.15) is 116 Å². The maximum absolute atomic E-state index is 11.9. The quantitative estimate of drug-likeness (QED) is 0.173. The minimum absolute atomic E-state index is 0.0946. The van der Waals surface area contributed by atoms with Crippen molar-refractivity contribution >= 4 is 11.8 Å². The third-order valence-electron chi connectivity index (χ3n) is 5.35. The number of Topliss-reactive ketones (excluding diaryl/α,β-unsaturated/α-hetero) is 1. The Labute approximate surface area is 155 Å². The third-order valence-corrected chi connectivity index (χ3v) is 5.35. The van der Waals surface area contributed by atoms with Gasteiger partial charge in [0.25, 0.3) is 0 Å². The van der Waals surface area contributed by atoms with Gasteiger partial charge in [0, 0.05) is 12.8 Å². The highest BCUT2D eigenvalue weighted by Gasteiger charge is 2.32. The normalized spacial score (nSPS) is 17.0. The van der Waals surface area contributed by atoms with E-state index in [0.29, 0.717) is 19.4 Å². The summed E-state index contributed by atoms with van der Waals surface area (Å²) in [5, 5.41) is 0. The van der Waals surface area contributed by atoms with Crippen LogP contribution in [-0.4, -0.2) is 18.4 Å². The molecule has 1 heterocycles. The van der Waals surface area contributed by atoms with Crippen molar-refractivity contribution in [2.24, 2.45) is 5.92 Å². The van der Waals surface area contributed by atoms with E-state index in [4.69, 9.17) is 4.74 Å². The smallest absolute Gasteiger partial charge is 0.316 e. The Morgan fingerprint density at radius 2 is 1.24 bits per heavy atom. The van der Waals surface area contributed by atoms with Crippen molar-refractivity contribution in [1.82, 2.24) is 0 Å². The first-order valence-electron chi connectivity index (χ1n) is 10.9. The van der Waals surface area contributed by atoms with Gasteiger partial charge < -0.3 is 4.74 Å². The summed E-state index contributed by atoms with van der Waals surface area (Å²) in [6.45, 7) is 2.70. The lowest BCUT2D eigenvalue weighted by molar-refractivity contribution is -0.144. The second-order valence-electron chi connectivity index (χ2n) is 7.67. The summed E-state index contributed by atoms with van der Waals surface area (Å²) < 4.78 is 4.86. The summed E-state index contributed by atoms with van der Waals surface area (Å²) in [5.74, 6) is -0.658. The van der Waals surface area contributed by atoms with E-state index < -0.39 is 5.92 Å². The predicted molar refractivity (Wildman–Crippen MR) is 104 cm³/mol. The van der Waals surface area contributed by atoms with Crippen LogP contribution in [0.5, 0.6) is 0 Å². The molecule has 0 aromatic carbocycles. The van der Waals surface area contributed by atoms with Gasteiger partial charge in [-0.25, -0.2) is 0 Å². The molecule has 0 saturated carbocycles. The molecule has 1 saturated heterocycles. The number of carbonyl (C=O) groups excluding carboxylic acids is 2. The van der Waals surface area contributed by atoms with Crippen molar-refractivity contribution in [3.8, 4) is 0 Å². The lowest BCUT2D eigenvalue weighted by Gasteiger charge is -2.05. The molecule has 0 spiro atoms. The van der Waals surface area contributed by atoms with E-state index in [0.717, 1.165) is 12.8 Å². The molecule has 3 nitrogen and oxygen atoms in total. The molecule has 146 valence electrons. The Morgan fingerprint density at radius 1 is 0.800 bits per heavy atom. The average Bonchev–Trinajstić information content (AvgIpc) is 3.04. The van der Waals surface area contributed by atoms with Crippen LogP contribution in [0.2, 0.25) is 0 Å². The van der Waals surface area contributed by atoms with Crippen LogP contribution in [0.3, 0.4) is 0 Å². The number of ketones is 1. The first-order valence-corrected chi connectivity index (χ1v) is 10.9. The molecule has 1 atom stereocenters. The number of hydrogen-bond donors (Lipinski definition) is 0. The van der Waals surface area contributed by atoms with E-state index in [-0.39, 0.29) is 11.8 Å². The average molecular weight is 353 g/mol. The van der Waals surface area contributed by atoms with E-state index in [1.54, 1.807) is 0 Å². The summed E-state index contributed by atoms with van der Waals surface area (Å²) in [4.78, 5) is 23.2. The molecule has 0 N–H and O–H groups in total. The van der Waals surface area contributed by atoms with Crippen molar-refractivity contribution in [2.75, 3.05) is 6.61 Å². The minimum Gasteiger partial charge on any atom is -0.465 e. The van der Waals surface area contributed by atoms with Crippen LogP contribution in [0.25, 0.3) is 0 Å². The first kappa shape index (κ1) is 22.2. The van der Waals surface area contributed by atoms with Gasteiger partial charge in [0.2, 0.25) is 0 Å². The van der Waals surface area contributed by atoms with Crippen LogP contribution in [0.15, 0.2) is 0 Å². The van der Waals surface area contributed by atoms with Gasteiger partial charge in [-0.2, -0.15) is 0 Å². The van der Waals surface area contributed by atoms with Crippen molar-refractivity contribution in [1.29, 1.82) is 0 Å². The SMILES string of the molecule is CCCCCCCCCCCCCCCCCC(=O)C1CCOC1=O. The van der Waals surface area contributed by atoms with Crippen molar-refractivity contribution in [2.45, 2.75) is 116 Å². The lowest BCUT2D eigenvalue weighted by atomic mass is 9.97. The second kappa shape index (κ2) is 15.4. The number of rotatable bonds is 17. The fourth-order valence-electron chi connectivity index (χ4n) is 3.63. The fourth-order valence-corrected chi connectivity index (χ4v) is 3.63. The topological polar surface area (TPSA) is 43.4 Å². The molecule has 1 aliphatic rings. The molecule has 25 heavy (non-hydrogen) atoms. The van der Waals surface area contributed by atoms with Crippen LogP contribution in [-0.2, 0) is 14.3 Å². The van der Waals surface area contributed by atoms with Gasteiger partial charge in [0.05, 0.1) is 6.61 Å². The maximum atomic E-state index is 11.9. The number of unbranched alkanes of at least 4 members (excludes halogenated alkanes) is 14. The Hall–Kier alpha value is -0.860. The monoisotopic (exact) mass is 352 g/mol. The van der Waals surface area contributed by atoms with Gasteiger partial charge in [0.15, 0.2) is 0 Å². The number of cyclic esters (lactones) is 1. The van der Waals surface area contributed by atoms with Crippen molar-refractivity contribution in [3.63, 3.8) is 0 Å². The molecule has 1 aliphatic heterocycles. The molecule has 0 aliphatic carbocycles.